The third-order valence-electron chi connectivity index (χ3n) is 20.4. The van der Waals surface area contributed by atoms with Gasteiger partial charge in [-0.15, -0.1) is 0 Å². The highest BCUT2D eigenvalue weighted by atomic mass is 16.6. The summed E-state index contributed by atoms with van der Waals surface area (Å²) in [6.07, 6.45) is 11.8. The number of ether oxygens (including phenoxy) is 5. The van der Waals surface area contributed by atoms with E-state index in [1.54, 1.807) is 14.0 Å². The lowest BCUT2D eigenvalue weighted by atomic mass is 9.49. The second kappa shape index (κ2) is 24.1. The number of piperidine rings is 1. The first-order valence-corrected chi connectivity index (χ1v) is 30.5. The maximum atomic E-state index is 14.8. The highest BCUT2D eigenvalue weighted by molar-refractivity contribution is 6.11. The molecule has 12 unspecified atom stereocenters. The Kier molecular flexibility index (Phi) is 16.7. The molecule has 448 valence electrons. The van der Waals surface area contributed by atoms with Gasteiger partial charge >= 0.3 is 5.97 Å². The van der Waals surface area contributed by atoms with E-state index in [2.05, 4.69) is 28.1 Å². The number of aromatic amines is 1. The molecule has 8 N–H and O–H groups in total. The van der Waals surface area contributed by atoms with E-state index in [4.69, 9.17) is 23.7 Å². The number of methoxy groups -OCH3 is 1. The molecule has 4 aliphatic heterocycles. The number of allylic oxidation sites excluding steroid dienone is 4. The lowest BCUT2D eigenvalue weighted by Gasteiger charge is -2.61. The van der Waals surface area contributed by atoms with Crippen LogP contribution in [0.15, 0.2) is 89.4 Å². The average Bonchev–Trinajstić information content (AvgIpc) is 1.49. The van der Waals surface area contributed by atoms with Gasteiger partial charge in [-0.25, -0.2) is 4.79 Å². The van der Waals surface area contributed by atoms with Crippen LogP contribution in [-0.2, 0) is 43.3 Å². The monoisotopic (exact) mass is 1150 g/mol. The van der Waals surface area contributed by atoms with Crippen LogP contribution < -0.4 is 14.2 Å². The number of aldehydes is 1. The summed E-state index contributed by atoms with van der Waals surface area (Å²) in [6.45, 7) is 2.43. The van der Waals surface area contributed by atoms with Crippen molar-refractivity contribution in [3.8, 4) is 17.2 Å². The molecule has 1 aromatic heterocycles. The number of benzene rings is 3. The minimum atomic E-state index is -1.80. The first-order valence-electron chi connectivity index (χ1n) is 30.5. The van der Waals surface area contributed by atoms with Crippen LogP contribution >= 0.6 is 0 Å². The number of aromatic nitrogens is 1. The Balaban J connectivity index is 1.05. The first-order chi connectivity index (χ1) is 40.9. The summed E-state index contributed by atoms with van der Waals surface area (Å²) >= 11 is 0. The predicted molar refractivity (Wildman–Crippen MR) is 311 cm³/mol. The Morgan fingerprint density at radius 1 is 0.952 bits per heavy atom. The van der Waals surface area contributed by atoms with Crippen LogP contribution in [0.3, 0.4) is 0 Å². The fourth-order valence-corrected chi connectivity index (χ4v) is 16.4. The van der Waals surface area contributed by atoms with E-state index in [1.807, 2.05) is 48.7 Å². The average molecular weight is 1150 g/mol. The normalized spacial score (nSPS) is 30.2. The number of ketones is 1. The summed E-state index contributed by atoms with van der Waals surface area (Å²) in [6, 6.07) is 14.1. The van der Waals surface area contributed by atoms with Gasteiger partial charge in [-0.1, -0.05) is 42.0 Å². The van der Waals surface area contributed by atoms with Crippen LogP contribution in [0.2, 0.25) is 0 Å². The van der Waals surface area contributed by atoms with Gasteiger partial charge in [0, 0.05) is 111 Å². The maximum Gasteiger partial charge on any atom is 0.375 e. The van der Waals surface area contributed by atoms with E-state index in [-0.39, 0.29) is 122 Å². The lowest BCUT2D eigenvalue weighted by Crippen LogP contribution is -2.72. The van der Waals surface area contributed by atoms with E-state index < -0.39 is 77.8 Å². The molecule has 0 amide bonds. The molecule has 8 aliphatic rings. The zero-order chi connectivity index (χ0) is 58.6. The second-order valence-corrected chi connectivity index (χ2v) is 24.8. The third kappa shape index (κ3) is 9.79. The molecule has 3 aromatic carbocycles. The highest BCUT2D eigenvalue weighted by Crippen LogP contribution is 2.65. The van der Waals surface area contributed by atoms with Gasteiger partial charge in [0.1, 0.15) is 28.6 Å². The quantitative estimate of drug-likeness (QED) is 0.0261. The number of fused-ring (bicyclic) bond motifs is 12. The van der Waals surface area contributed by atoms with Crippen LogP contribution in [0, 0.1) is 35.5 Å². The molecule has 5 heterocycles. The maximum absolute atomic E-state index is 14.8. The molecule has 12 rings (SSSR count). The second-order valence-electron chi connectivity index (χ2n) is 24.8. The van der Waals surface area contributed by atoms with Gasteiger partial charge in [0.05, 0.1) is 49.2 Å². The number of likely N-dealkylation sites (tertiary alicyclic amines) is 1. The SMILES string of the molecule is CCOC(=O)C1=C(C=O)C2=C3CC(CO)C(=O)C(C3)c3cc4cc[nH]c4cc3CCC(CO)COc3c4c(c(CO)c(c32)O1)OC1(C=CC(CCO)C2C(C(O)CC3CCC(CO)c5ccccc53)=CC3CN(CCCOC)CCC3C21O)C4. The van der Waals surface area contributed by atoms with Crippen molar-refractivity contribution in [3.63, 3.8) is 0 Å². The summed E-state index contributed by atoms with van der Waals surface area (Å²) in [5, 5.41) is 84.4. The fraction of sp³-hybridized carbons (Fsp3) is 0.537. The fourth-order valence-electron chi connectivity index (χ4n) is 16.4. The number of nitrogens with zero attached hydrogens (tertiary/aromatic N) is 1. The topological polar surface area (TPSA) is 258 Å². The predicted octanol–water partition coefficient (Wildman–Crippen LogP) is 6.42. The number of esters is 1. The van der Waals surface area contributed by atoms with E-state index >= 15 is 0 Å². The van der Waals surface area contributed by atoms with Crippen molar-refractivity contribution in [1.29, 1.82) is 0 Å². The van der Waals surface area contributed by atoms with Gasteiger partial charge in [-0.3, -0.25) is 9.59 Å². The number of aliphatic hydroxyl groups excluding tert-OH is 6. The molecule has 1 saturated heterocycles. The standard InChI is InChI=1S/C67H80N2O15/c1-3-81-65(78)64-52(34-74)57-43-23-45(33-73)60(77)49(25-43)48-24-41-14-18-68-55(41)27-39(48)10-9-37(31-71)36-82-62-51-29-66(84-61(51)53(35-75)63(83-64)58(57)62)17-13-38(16-21-70)59-50(26-44-30-69(19-6-22-80-2)20-15-54(44)67(59,66)79)56(76)28-40-11-12-42(32-72)47-8-5-4-7-46(40)47/h4-5,7-8,13-14,17-18,24,26-27,34,37-38,40,42,44-45,49,54,56,59,68,70-73,75-76,79H,3,6,9-12,15-16,19-23,25,28-33,35-36H2,1-2H3. The molecule has 2 bridgehead atoms. The number of aliphatic hydroxyl groups is 7. The Morgan fingerprint density at radius 3 is 2.49 bits per heavy atom. The zero-order valence-electron chi connectivity index (χ0n) is 48.1. The molecule has 17 heteroatoms. The largest absolute Gasteiger partial charge is 0.492 e. The molecule has 12 atom stereocenters. The highest BCUT2D eigenvalue weighted by Gasteiger charge is 2.69. The smallest absolute Gasteiger partial charge is 0.375 e. The number of carbonyl (C=O) groups excluding carboxylic acids is 3. The summed E-state index contributed by atoms with van der Waals surface area (Å²) in [5.74, 6) is -5.49. The lowest BCUT2D eigenvalue weighted by molar-refractivity contribution is -0.202. The van der Waals surface area contributed by atoms with Crippen molar-refractivity contribution in [2.24, 2.45) is 35.5 Å². The summed E-state index contributed by atoms with van der Waals surface area (Å²) in [4.78, 5) is 48.8. The van der Waals surface area contributed by atoms with E-state index in [0.29, 0.717) is 68.4 Å². The van der Waals surface area contributed by atoms with E-state index in [1.165, 1.54) is 0 Å². The molecule has 4 aliphatic carbocycles. The van der Waals surface area contributed by atoms with Gasteiger partial charge in [0.15, 0.2) is 11.9 Å². The first kappa shape index (κ1) is 58.4. The summed E-state index contributed by atoms with van der Waals surface area (Å²) in [7, 11) is 1.69. The van der Waals surface area contributed by atoms with Crippen molar-refractivity contribution in [3.05, 3.63) is 128 Å². The Morgan fingerprint density at radius 2 is 1.75 bits per heavy atom. The molecule has 1 spiro atoms. The van der Waals surface area contributed by atoms with Gasteiger partial charge in [-0.2, -0.15) is 0 Å². The van der Waals surface area contributed by atoms with Crippen molar-refractivity contribution in [1.82, 2.24) is 9.88 Å². The van der Waals surface area contributed by atoms with Crippen LogP contribution in [0.1, 0.15) is 121 Å². The summed E-state index contributed by atoms with van der Waals surface area (Å²) < 4.78 is 32.4. The van der Waals surface area contributed by atoms with Gasteiger partial charge in [0.25, 0.3) is 0 Å². The van der Waals surface area contributed by atoms with Crippen molar-refractivity contribution in [2.75, 3.05) is 73.0 Å². The Hall–Kier alpha value is -5.99. The molecular weight excluding hydrogens is 1070 g/mol. The van der Waals surface area contributed by atoms with E-state index in [0.717, 1.165) is 59.0 Å². The van der Waals surface area contributed by atoms with Crippen LogP contribution in [0.25, 0.3) is 16.5 Å². The number of rotatable bonds is 16. The molecule has 17 nitrogen and oxygen atoms in total. The van der Waals surface area contributed by atoms with Crippen molar-refractivity contribution in [2.45, 2.75) is 119 Å². The zero-order valence-corrected chi connectivity index (χ0v) is 48.1. The number of aryl methyl sites for hydroxylation is 1. The molecule has 2 fully saturated rings. The number of nitrogens with one attached hydrogen (secondary N) is 1. The summed E-state index contributed by atoms with van der Waals surface area (Å²) in [5.41, 5.74) is 3.33. The number of Topliss-reactive ketones (excluding diaryl/α,β-unsaturated/α-hetero) is 1. The van der Waals surface area contributed by atoms with Crippen LogP contribution in [0.5, 0.6) is 17.2 Å². The van der Waals surface area contributed by atoms with Gasteiger partial charge < -0.3 is 69.3 Å². The minimum Gasteiger partial charge on any atom is -0.492 e. The molecule has 0 radical (unpaired) electrons. The molecular formula is C67H80N2O15. The van der Waals surface area contributed by atoms with Crippen molar-refractivity contribution < 1.29 is 73.8 Å². The minimum absolute atomic E-state index is 0.00827. The van der Waals surface area contributed by atoms with E-state index in [9.17, 15) is 50.1 Å². The van der Waals surface area contributed by atoms with Crippen molar-refractivity contribution >= 4 is 34.5 Å². The number of carbonyl (C=O) groups is 3. The number of hydrogen-bond acceptors (Lipinski definition) is 16. The van der Waals surface area contributed by atoms with Crippen LogP contribution in [0.4, 0.5) is 0 Å². The Bertz CT molecular complexity index is 3320. The molecule has 4 aromatic rings. The number of hydrogen-bond donors (Lipinski definition) is 8. The van der Waals surface area contributed by atoms with Gasteiger partial charge in [0.2, 0.25) is 5.76 Å². The molecule has 84 heavy (non-hydrogen) atoms. The number of H-pyrrole nitrogens is 1. The molecule has 1 saturated carbocycles. The van der Waals surface area contributed by atoms with Gasteiger partial charge in [-0.05, 0) is 153 Å². The van der Waals surface area contributed by atoms with Crippen LogP contribution in [-0.4, -0.2) is 154 Å². The Labute approximate surface area is 489 Å². The third-order valence-corrected chi connectivity index (χ3v) is 20.4.